The first-order chi connectivity index (χ1) is 9.60. The lowest BCUT2D eigenvalue weighted by atomic mass is 10.2. The second kappa shape index (κ2) is 5.11. The highest BCUT2D eigenvalue weighted by molar-refractivity contribution is 6.31. The van der Waals surface area contributed by atoms with Crippen molar-refractivity contribution in [1.82, 2.24) is 14.5 Å². The predicted octanol–water partition coefficient (Wildman–Crippen LogP) is 4.33. The number of aryl methyl sites for hydroxylation is 1. The number of aromatic nitrogens is 3. The third-order valence-corrected chi connectivity index (χ3v) is 3.70. The lowest BCUT2D eigenvalue weighted by Crippen LogP contribution is -2.10. The second-order valence-electron chi connectivity index (χ2n) is 4.65. The Balaban J connectivity index is 2.20. The van der Waals surface area contributed by atoms with Gasteiger partial charge in [-0.1, -0.05) is 11.6 Å². The van der Waals surface area contributed by atoms with Crippen LogP contribution in [-0.2, 0) is 5.88 Å². The summed E-state index contributed by atoms with van der Waals surface area (Å²) in [4.78, 5) is 8.81. The lowest BCUT2D eigenvalue weighted by molar-refractivity contribution is 0.415. The maximum Gasteiger partial charge on any atom is 0.217 e. The maximum absolute atomic E-state index is 6.08. The Labute approximate surface area is 126 Å². The lowest BCUT2D eigenvalue weighted by Gasteiger charge is -2.13. The van der Waals surface area contributed by atoms with Crippen LogP contribution in [0.2, 0.25) is 5.02 Å². The van der Waals surface area contributed by atoms with E-state index in [-0.39, 0.29) is 6.04 Å². The van der Waals surface area contributed by atoms with Crippen LogP contribution in [0, 0.1) is 6.92 Å². The molecule has 0 bridgehead atoms. The van der Waals surface area contributed by atoms with Crippen molar-refractivity contribution in [1.29, 1.82) is 0 Å². The normalized spacial score (nSPS) is 13.0. The Morgan fingerprint density at radius 1 is 1.40 bits per heavy atom. The van der Waals surface area contributed by atoms with Crippen molar-refractivity contribution in [2.45, 2.75) is 25.8 Å². The van der Waals surface area contributed by atoms with Crippen LogP contribution in [-0.4, -0.2) is 14.5 Å². The standard InChI is InChI=1S/C14H13Cl2N3O/c1-8-7-17-14(20-8)9(2)19-12-5-10(16)3-4-11(12)18-13(19)6-15/h3-5,7,9H,6H2,1-2H3. The minimum absolute atomic E-state index is 0.0964. The summed E-state index contributed by atoms with van der Waals surface area (Å²) >= 11 is 12.1. The molecule has 1 unspecified atom stereocenters. The minimum atomic E-state index is -0.0964. The summed E-state index contributed by atoms with van der Waals surface area (Å²) in [6.45, 7) is 3.87. The molecule has 2 heterocycles. The zero-order valence-corrected chi connectivity index (χ0v) is 12.6. The van der Waals surface area contributed by atoms with E-state index in [2.05, 4.69) is 9.97 Å². The number of imidazole rings is 1. The van der Waals surface area contributed by atoms with E-state index in [1.54, 1.807) is 6.20 Å². The number of hydrogen-bond acceptors (Lipinski definition) is 3. The SMILES string of the molecule is Cc1cnc(C(C)n2c(CCl)nc3ccc(Cl)cc32)o1. The fraction of sp³-hybridized carbons (Fsp3) is 0.286. The molecule has 0 fully saturated rings. The van der Waals surface area contributed by atoms with Crippen LogP contribution in [0.1, 0.15) is 30.4 Å². The molecule has 0 spiro atoms. The van der Waals surface area contributed by atoms with Gasteiger partial charge in [-0.3, -0.25) is 0 Å². The summed E-state index contributed by atoms with van der Waals surface area (Å²) < 4.78 is 7.63. The number of rotatable bonds is 3. The number of alkyl halides is 1. The molecule has 0 saturated heterocycles. The van der Waals surface area contributed by atoms with E-state index in [1.165, 1.54) is 0 Å². The van der Waals surface area contributed by atoms with Crippen LogP contribution in [0.4, 0.5) is 0 Å². The average Bonchev–Trinajstić information content (AvgIpc) is 3.01. The van der Waals surface area contributed by atoms with Gasteiger partial charge in [-0.05, 0) is 32.0 Å². The van der Waals surface area contributed by atoms with Crippen LogP contribution >= 0.6 is 23.2 Å². The second-order valence-corrected chi connectivity index (χ2v) is 5.35. The van der Waals surface area contributed by atoms with Gasteiger partial charge in [0, 0.05) is 5.02 Å². The van der Waals surface area contributed by atoms with Gasteiger partial charge < -0.3 is 8.98 Å². The van der Waals surface area contributed by atoms with Crippen molar-refractivity contribution >= 4 is 34.2 Å². The molecule has 1 aromatic carbocycles. The van der Waals surface area contributed by atoms with Gasteiger partial charge in [-0.2, -0.15) is 0 Å². The number of benzene rings is 1. The minimum Gasteiger partial charge on any atom is -0.444 e. The quantitative estimate of drug-likeness (QED) is 0.676. The monoisotopic (exact) mass is 309 g/mol. The molecule has 0 N–H and O–H groups in total. The van der Waals surface area contributed by atoms with Gasteiger partial charge in [0.2, 0.25) is 5.89 Å². The Bertz CT molecular complexity index is 763. The van der Waals surface area contributed by atoms with Crippen LogP contribution < -0.4 is 0 Å². The van der Waals surface area contributed by atoms with E-state index in [4.69, 9.17) is 27.6 Å². The molecule has 3 aromatic rings. The molecule has 1 atom stereocenters. The molecule has 0 aliphatic rings. The Hall–Kier alpha value is -1.52. The van der Waals surface area contributed by atoms with Gasteiger partial charge in [0.05, 0.1) is 23.1 Å². The topological polar surface area (TPSA) is 43.9 Å². The average molecular weight is 310 g/mol. The molecule has 0 amide bonds. The van der Waals surface area contributed by atoms with Crippen LogP contribution in [0.15, 0.2) is 28.8 Å². The van der Waals surface area contributed by atoms with E-state index in [9.17, 15) is 0 Å². The summed E-state index contributed by atoms with van der Waals surface area (Å²) in [7, 11) is 0. The molecule has 4 nitrogen and oxygen atoms in total. The van der Waals surface area contributed by atoms with Gasteiger partial charge in [-0.15, -0.1) is 11.6 Å². The molecule has 6 heteroatoms. The summed E-state index contributed by atoms with van der Waals surface area (Å²) in [6, 6.07) is 5.49. The third-order valence-electron chi connectivity index (χ3n) is 3.23. The largest absolute Gasteiger partial charge is 0.444 e. The summed E-state index contributed by atoms with van der Waals surface area (Å²) in [5.74, 6) is 2.50. The van der Waals surface area contributed by atoms with Crippen molar-refractivity contribution in [3.05, 3.63) is 46.9 Å². The van der Waals surface area contributed by atoms with Gasteiger partial charge in [-0.25, -0.2) is 9.97 Å². The summed E-state index contributed by atoms with van der Waals surface area (Å²) in [6.07, 6.45) is 1.71. The highest BCUT2D eigenvalue weighted by atomic mass is 35.5. The van der Waals surface area contributed by atoms with Gasteiger partial charge in [0.1, 0.15) is 17.6 Å². The number of oxazole rings is 1. The molecule has 20 heavy (non-hydrogen) atoms. The van der Waals surface area contributed by atoms with E-state index in [0.29, 0.717) is 16.8 Å². The maximum atomic E-state index is 6.08. The molecule has 0 saturated carbocycles. The predicted molar refractivity (Wildman–Crippen MR) is 79.4 cm³/mol. The highest BCUT2D eigenvalue weighted by Crippen LogP contribution is 2.28. The van der Waals surface area contributed by atoms with Crippen LogP contribution in [0.5, 0.6) is 0 Å². The van der Waals surface area contributed by atoms with Crippen molar-refractivity contribution in [2.75, 3.05) is 0 Å². The van der Waals surface area contributed by atoms with Crippen molar-refractivity contribution in [2.24, 2.45) is 0 Å². The molecule has 3 rings (SSSR count). The van der Waals surface area contributed by atoms with E-state index < -0.39 is 0 Å². The molecule has 0 radical (unpaired) electrons. The van der Waals surface area contributed by atoms with Crippen LogP contribution in [0.25, 0.3) is 11.0 Å². The van der Waals surface area contributed by atoms with Crippen molar-refractivity contribution in [3.63, 3.8) is 0 Å². The molecular weight excluding hydrogens is 297 g/mol. The Kier molecular flexibility index (Phi) is 3.44. The van der Waals surface area contributed by atoms with Crippen molar-refractivity contribution in [3.8, 4) is 0 Å². The summed E-state index contributed by atoms with van der Waals surface area (Å²) in [5.41, 5.74) is 1.79. The number of halogens is 2. The van der Waals surface area contributed by atoms with E-state index in [0.717, 1.165) is 22.6 Å². The van der Waals surface area contributed by atoms with Gasteiger partial charge in [0.25, 0.3) is 0 Å². The smallest absolute Gasteiger partial charge is 0.217 e. The number of fused-ring (bicyclic) bond motifs is 1. The Morgan fingerprint density at radius 3 is 2.85 bits per heavy atom. The molecular formula is C14H13Cl2N3O. The number of nitrogens with zero attached hydrogens (tertiary/aromatic N) is 3. The first-order valence-corrected chi connectivity index (χ1v) is 7.16. The summed E-state index contributed by atoms with van der Waals surface area (Å²) in [5, 5.41) is 0.663. The molecule has 0 aliphatic heterocycles. The first kappa shape index (κ1) is 13.5. The zero-order valence-electron chi connectivity index (χ0n) is 11.1. The first-order valence-electron chi connectivity index (χ1n) is 6.25. The highest BCUT2D eigenvalue weighted by Gasteiger charge is 2.20. The third kappa shape index (κ3) is 2.19. The number of hydrogen-bond donors (Lipinski definition) is 0. The Morgan fingerprint density at radius 2 is 2.20 bits per heavy atom. The fourth-order valence-electron chi connectivity index (χ4n) is 2.32. The molecule has 2 aromatic heterocycles. The molecule has 0 aliphatic carbocycles. The fourth-order valence-corrected chi connectivity index (χ4v) is 2.67. The van der Waals surface area contributed by atoms with E-state index in [1.807, 2.05) is 36.6 Å². The van der Waals surface area contributed by atoms with E-state index >= 15 is 0 Å². The van der Waals surface area contributed by atoms with Gasteiger partial charge in [0.15, 0.2) is 0 Å². The van der Waals surface area contributed by atoms with Crippen molar-refractivity contribution < 1.29 is 4.42 Å². The zero-order chi connectivity index (χ0) is 14.3. The van der Waals surface area contributed by atoms with Crippen LogP contribution in [0.3, 0.4) is 0 Å². The van der Waals surface area contributed by atoms with Gasteiger partial charge >= 0.3 is 0 Å². The molecule has 104 valence electrons.